The van der Waals surface area contributed by atoms with Crippen molar-refractivity contribution in [2.75, 3.05) is 20.1 Å². The Bertz CT molecular complexity index is 399. The molecular weight excluding hydrogens is 254 g/mol. The van der Waals surface area contributed by atoms with Gasteiger partial charge in [0, 0.05) is 26.2 Å². The zero-order valence-electron chi connectivity index (χ0n) is 12.8. The highest BCUT2D eigenvalue weighted by atomic mass is 16.2. The molecule has 0 aromatic heterocycles. The summed E-state index contributed by atoms with van der Waals surface area (Å²) < 4.78 is 0. The van der Waals surface area contributed by atoms with E-state index in [0.29, 0.717) is 19.0 Å². The number of carbonyl (C=O) groups excluding carboxylic acids is 2. The minimum Gasteiger partial charge on any atom is -0.359 e. The maximum atomic E-state index is 12.7. The Morgan fingerprint density at radius 3 is 2.70 bits per heavy atom. The fraction of sp³-hybridized carbons (Fsp3) is 0.867. The second kappa shape index (κ2) is 5.72. The number of likely N-dealkylation sites (tertiary alicyclic amines) is 1. The number of hydrogen-bond donors (Lipinski definition) is 2. The molecule has 0 radical (unpaired) electrons. The van der Waals surface area contributed by atoms with Crippen LogP contribution in [0.2, 0.25) is 0 Å². The van der Waals surface area contributed by atoms with Crippen molar-refractivity contribution in [3.63, 3.8) is 0 Å². The molecule has 1 aliphatic carbocycles. The average Bonchev–Trinajstić information content (AvgIpc) is 2.84. The fourth-order valence-electron chi connectivity index (χ4n) is 3.60. The van der Waals surface area contributed by atoms with Crippen LogP contribution in [0.1, 0.15) is 39.5 Å². The van der Waals surface area contributed by atoms with Gasteiger partial charge in [0.15, 0.2) is 0 Å². The predicted octanol–water partition coefficient (Wildman–Crippen LogP) is 0.735. The molecule has 1 aliphatic heterocycles. The van der Waals surface area contributed by atoms with Crippen LogP contribution < -0.4 is 11.1 Å². The number of nitrogens with two attached hydrogens (primary N) is 1. The van der Waals surface area contributed by atoms with Crippen LogP contribution in [0.15, 0.2) is 0 Å². The molecule has 0 spiro atoms. The van der Waals surface area contributed by atoms with Crippen molar-refractivity contribution >= 4 is 11.8 Å². The summed E-state index contributed by atoms with van der Waals surface area (Å²) in [6.45, 7) is 5.24. The maximum Gasteiger partial charge on any atom is 0.227 e. The van der Waals surface area contributed by atoms with Crippen molar-refractivity contribution < 1.29 is 9.59 Å². The number of carbonyl (C=O) groups is 2. The third-order valence-electron chi connectivity index (χ3n) is 5.17. The van der Waals surface area contributed by atoms with Crippen LogP contribution in [0, 0.1) is 17.3 Å². The molecule has 5 nitrogen and oxygen atoms in total. The molecule has 0 bridgehead atoms. The molecule has 2 rings (SSSR count). The van der Waals surface area contributed by atoms with Crippen LogP contribution in [0.5, 0.6) is 0 Å². The summed E-state index contributed by atoms with van der Waals surface area (Å²) in [4.78, 5) is 26.4. The van der Waals surface area contributed by atoms with Gasteiger partial charge in [-0.25, -0.2) is 0 Å². The van der Waals surface area contributed by atoms with E-state index < -0.39 is 5.41 Å². The van der Waals surface area contributed by atoms with Gasteiger partial charge in [0.25, 0.3) is 0 Å². The van der Waals surface area contributed by atoms with Crippen molar-refractivity contribution in [3.05, 3.63) is 0 Å². The Hall–Kier alpha value is -1.10. The van der Waals surface area contributed by atoms with E-state index in [-0.39, 0.29) is 23.8 Å². The molecule has 114 valence electrons. The van der Waals surface area contributed by atoms with Crippen LogP contribution in [0.3, 0.4) is 0 Å². The van der Waals surface area contributed by atoms with Gasteiger partial charge in [-0.3, -0.25) is 9.59 Å². The van der Waals surface area contributed by atoms with Gasteiger partial charge in [0.2, 0.25) is 11.8 Å². The van der Waals surface area contributed by atoms with Crippen molar-refractivity contribution in [1.29, 1.82) is 0 Å². The Labute approximate surface area is 121 Å². The molecule has 1 saturated heterocycles. The summed E-state index contributed by atoms with van der Waals surface area (Å²) in [6.07, 6.45) is 3.81. The molecule has 2 amide bonds. The standard InChI is InChI=1S/C15H27N3O2/c1-10-5-4-6-11(12(10)16)13(19)18-8-7-15(2,9-18)14(20)17-3/h10-12H,4-9,16H2,1-3H3,(H,17,20). The quantitative estimate of drug-likeness (QED) is 0.783. The van der Waals surface area contributed by atoms with Gasteiger partial charge in [0.1, 0.15) is 0 Å². The van der Waals surface area contributed by atoms with E-state index in [4.69, 9.17) is 5.73 Å². The van der Waals surface area contributed by atoms with Gasteiger partial charge in [-0.05, 0) is 32.1 Å². The van der Waals surface area contributed by atoms with Gasteiger partial charge in [-0.1, -0.05) is 13.3 Å². The first-order valence-corrected chi connectivity index (χ1v) is 7.65. The summed E-state index contributed by atoms with van der Waals surface area (Å²) in [7, 11) is 1.65. The van der Waals surface area contributed by atoms with Gasteiger partial charge in [-0.2, -0.15) is 0 Å². The highest BCUT2D eigenvalue weighted by Gasteiger charge is 2.44. The topological polar surface area (TPSA) is 75.4 Å². The minimum atomic E-state index is -0.450. The third-order valence-corrected chi connectivity index (χ3v) is 5.17. The zero-order valence-corrected chi connectivity index (χ0v) is 12.8. The second-order valence-electron chi connectivity index (χ2n) is 6.74. The van der Waals surface area contributed by atoms with Gasteiger partial charge >= 0.3 is 0 Å². The Morgan fingerprint density at radius 2 is 2.05 bits per heavy atom. The number of hydrogen-bond acceptors (Lipinski definition) is 3. The molecule has 1 heterocycles. The maximum absolute atomic E-state index is 12.7. The number of nitrogens with zero attached hydrogens (tertiary/aromatic N) is 1. The normalized spacial score (nSPS) is 37.8. The van der Waals surface area contributed by atoms with Crippen molar-refractivity contribution in [1.82, 2.24) is 10.2 Å². The van der Waals surface area contributed by atoms with Crippen LogP contribution in [-0.4, -0.2) is 42.9 Å². The second-order valence-corrected chi connectivity index (χ2v) is 6.74. The minimum absolute atomic E-state index is 0.0223. The molecule has 2 fully saturated rings. The average molecular weight is 281 g/mol. The van der Waals surface area contributed by atoms with E-state index in [1.54, 1.807) is 7.05 Å². The lowest BCUT2D eigenvalue weighted by Crippen LogP contribution is -2.49. The first-order valence-electron chi connectivity index (χ1n) is 7.65. The third kappa shape index (κ3) is 2.68. The number of nitrogens with one attached hydrogen (secondary N) is 1. The van der Waals surface area contributed by atoms with E-state index in [0.717, 1.165) is 25.7 Å². The number of rotatable bonds is 2. The summed E-state index contributed by atoms with van der Waals surface area (Å²) >= 11 is 0. The van der Waals surface area contributed by atoms with Crippen LogP contribution in [0.25, 0.3) is 0 Å². The molecule has 5 heteroatoms. The van der Waals surface area contributed by atoms with E-state index in [1.807, 2.05) is 11.8 Å². The first kappa shape index (κ1) is 15.3. The molecule has 0 aromatic rings. The molecule has 0 aromatic carbocycles. The molecular formula is C15H27N3O2. The summed E-state index contributed by atoms with van der Waals surface area (Å²) in [5.74, 6) is 0.516. The van der Waals surface area contributed by atoms with Crippen molar-refractivity contribution in [2.45, 2.75) is 45.6 Å². The van der Waals surface area contributed by atoms with E-state index in [1.165, 1.54) is 0 Å². The largest absolute Gasteiger partial charge is 0.359 e. The Kier molecular flexibility index (Phi) is 4.37. The summed E-state index contributed by atoms with van der Waals surface area (Å²) in [6, 6.07) is -0.0388. The van der Waals surface area contributed by atoms with Gasteiger partial charge in [-0.15, -0.1) is 0 Å². The van der Waals surface area contributed by atoms with Crippen molar-refractivity contribution in [3.8, 4) is 0 Å². The zero-order chi connectivity index (χ0) is 14.9. The van der Waals surface area contributed by atoms with Gasteiger partial charge in [0.05, 0.1) is 11.3 Å². The van der Waals surface area contributed by atoms with Gasteiger partial charge < -0.3 is 16.0 Å². The predicted molar refractivity (Wildman–Crippen MR) is 77.9 cm³/mol. The number of amides is 2. The lowest BCUT2D eigenvalue weighted by Gasteiger charge is -2.35. The molecule has 2 aliphatic rings. The SMILES string of the molecule is CNC(=O)C1(C)CCN(C(=O)C2CCCC(C)C2N)C1. The first-order chi connectivity index (χ1) is 9.39. The van der Waals surface area contributed by atoms with Crippen LogP contribution in [0.4, 0.5) is 0 Å². The fourth-order valence-corrected chi connectivity index (χ4v) is 3.60. The lowest BCUT2D eigenvalue weighted by atomic mass is 9.77. The summed E-state index contributed by atoms with van der Waals surface area (Å²) in [5.41, 5.74) is 5.77. The van der Waals surface area contributed by atoms with Crippen molar-refractivity contribution in [2.24, 2.45) is 23.0 Å². The Morgan fingerprint density at radius 1 is 1.35 bits per heavy atom. The molecule has 3 N–H and O–H groups in total. The van der Waals surface area contributed by atoms with Crippen LogP contribution >= 0.6 is 0 Å². The molecule has 4 atom stereocenters. The highest BCUT2D eigenvalue weighted by molar-refractivity contribution is 5.85. The monoisotopic (exact) mass is 281 g/mol. The van der Waals surface area contributed by atoms with Crippen LogP contribution in [-0.2, 0) is 9.59 Å². The summed E-state index contributed by atoms with van der Waals surface area (Å²) in [5, 5.41) is 2.70. The van der Waals surface area contributed by atoms with E-state index in [9.17, 15) is 9.59 Å². The van der Waals surface area contributed by atoms with E-state index >= 15 is 0 Å². The Balaban J connectivity index is 2.02. The smallest absolute Gasteiger partial charge is 0.227 e. The lowest BCUT2D eigenvalue weighted by molar-refractivity contribution is -0.137. The van der Waals surface area contributed by atoms with E-state index in [2.05, 4.69) is 12.2 Å². The molecule has 4 unspecified atom stereocenters. The highest BCUT2D eigenvalue weighted by Crippen LogP contribution is 2.34. The molecule has 20 heavy (non-hydrogen) atoms. The molecule has 1 saturated carbocycles.